The second-order valence-corrected chi connectivity index (χ2v) is 9.18. The third-order valence-corrected chi connectivity index (χ3v) is 7.08. The van der Waals surface area contributed by atoms with Gasteiger partial charge in [-0.2, -0.15) is 0 Å². The Labute approximate surface area is 175 Å². The van der Waals surface area contributed by atoms with Crippen molar-refractivity contribution in [1.82, 2.24) is 4.90 Å². The summed E-state index contributed by atoms with van der Waals surface area (Å²) in [5.74, 6) is -1.42. The van der Waals surface area contributed by atoms with Gasteiger partial charge in [0.05, 0.1) is 10.9 Å². The van der Waals surface area contributed by atoms with Crippen LogP contribution in [0.4, 0.5) is 0 Å². The first-order chi connectivity index (χ1) is 14.4. The van der Waals surface area contributed by atoms with E-state index >= 15 is 0 Å². The molecule has 3 aromatic rings. The number of aryl methyl sites for hydroxylation is 1. The van der Waals surface area contributed by atoms with Crippen molar-refractivity contribution in [2.75, 3.05) is 0 Å². The van der Waals surface area contributed by atoms with Crippen molar-refractivity contribution in [3.63, 3.8) is 0 Å². The summed E-state index contributed by atoms with van der Waals surface area (Å²) in [5, 5.41) is 10.7. The quantitative estimate of drug-likeness (QED) is 0.668. The highest BCUT2D eigenvalue weighted by Gasteiger charge is 2.46. The van der Waals surface area contributed by atoms with Gasteiger partial charge in [0, 0.05) is 6.54 Å². The third kappa shape index (κ3) is 3.50. The molecule has 0 aliphatic carbocycles. The number of rotatable bonds is 5. The van der Waals surface area contributed by atoms with E-state index in [0.717, 1.165) is 11.1 Å². The molecule has 30 heavy (non-hydrogen) atoms. The number of aliphatic hydroxyl groups is 1. The van der Waals surface area contributed by atoms with Crippen molar-refractivity contribution in [3.8, 4) is 0 Å². The molecule has 1 heterocycles. The van der Waals surface area contributed by atoms with Crippen molar-refractivity contribution in [1.29, 1.82) is 0 Å². The Bertz CT molecular complexity index is 1200. The van der Waals surface area contributed by atoms with E-state index in [-0.39, 0.29) is 16.3 Å². The molecule has 152 valence electrons. The van der Waals surface area contributed by atoms with Crippen LogP contribution in [0.25, 0.3) is 0 Å². The first kappa shape index (κ1) is 19.9. The van der Waals surface area contributed by atoms with Gasteiger partial charge in [0.25, 0.3) is 5.91 Å². The number of amides is 1. The number of benzene rings is 3. The zero-order valence-corrected chi connectivity index (χ0v) is 17.2. The lowest BCUT2D eigenvalue weighted by atomic mass is 10.1. The fraction of sp³-hybridized carbons (Fsp3) is 0.125. The minimum Gasteiger partial charge on any atom is -0.502 e. The molecule has 1 aliphatic heterocycles. The molecule has 1 N–H and O–H groups in total. The second-order valence-electron chi connectivity index (χ2n) is 7.26. The lowest BCUT2D eigenvalue weighted by Gasteiger charge is -2.27. The topological polar surface area (TPSA) is 74.7 Å². The molecule has 0 spiro atoms. The Hall–Kier alpha value is -3.38. The average Bonchev–Trinajstić information content (AvgIpc) is 3.01. The Morgan fingerprint density at radius 1 is 0.867 bits per heavy atom. The molecule has 3 aromatic carbocycles. The van der Waals surface area contributed by atoms with Crippen molar-refractivity contribution in [3.05, 3.63) is 112 Å². The molecule has 1 amide bonds. The van der Waals surface area contributed by atoms with E-state index in [1.807, 2.05) is 43.3 Å². The van der Waals surface area contributed by atoms with Crippen LogP contribution in [0.15, 0.2) is 100 Å². The fourth-order valence-electron chi connectivity index (χ4n) is 3.66. The number of aliphatic hydroxyl groups excluding tert-OH is 1. The standard InChI is InChI=1S/C24H21NO4S/c1-17-12-14-20(15-13-17)30(28,29)23-21(19-10-6-3-7-11-19)25(24(27)22(23)26)16-18-8-4-2-5-9-18/h2-15,21,26H,16H2,1H3/t21-/m1/s1. The molecular formula is C24H21NO4S. The van der Waals surface area contributed by atoms with Crippen LogP contribution in [-0.2, 0) is 21.2 Å². The summed E-state index contributed by atoms with van der Waals surface area (Å²) in [5.41, 5.74) is 2.38. The lowest BCUT2D eigenvalue weighted by Crippen LogP contribution is -2.30. The maximum Gasteiger partial charge on any atom is 0.290 e. The van der Waals surface area contributed by atoms with Gasteiger partial charge in [-0.3, -0.25) is 4.79 Å². The molecule has 0 radical (unpaired) electrons. The van der Waals surface area contributed by atoms with Crippen molar-refractivity contribution < 1.29 is 18.3 Å². The number of hydrogen-bond donors (Lipinski definition) is 1. The van der Waals surface area contributed by atoms with E-state index in [1.54, 1.807) is 36.4 Å². The zero-order chi connectivity index (χ0) is 21.3. The summed E-state index contributed by atoms with van der Waals surface area (Å²) >= 11 is 0. The minimum atomic E-state index is -4.09. The number of carbonyl (C=O) groups is 1. The monoisotopic (exact) mass is 419 g/mol. The molecular weight excluding hydrogens is 398 g/mol. The van der Waals surface area contributed by atoms with Crippen molar-refractivity contribution in [2.24, 2.45) is 0 Å². The first-order valence-electron chi connectivity index (χ1n) is 9.54. The second kappa shape index (κ2) is 7.80. The average molecular weight is 420 g/mol. The summed E-state index contributed by atoms with van der Waals surface area (Å²) < 4.78 is 27.0. The van der Waals surface area contributed by atoms with E-state index in [4.69, 9.17) is 0 Å². The van der Waals surface area contributed by atoms with Crippen LogP contribution in [0.3, 0.4) is 0 Å². The summed E-state index contributed by atoms with van der Waals surface area (Å²) in [4.78, 5) is 14.2. The molecule has 0 bridgehead atoms. The first-order valence-corrected chi connectivity index (χ1v) is 11.0. The van der Waals surface area contributed by atoms with Crippen LogP contribution in [0.2, 0.25) is 0 Å². The van der Waals surface area contributed by atoms with Gasteiger partial charge in [0.1, 0.15) is 4.91 Å². The van der Waals surface area contributed by atoms with Crippen LogP contribution >= 0.6 is 0 Å². The molecule has 1 aliphatic rings. The zero-order valence-electron chi connectivity index (χ0n) is 16.4. The molecule has 4 rings (SSSR count). The Balaban J connectivity index is 1.85. The van der Waals surface area contributed by atoms with Gasteiger partial charge in [0.15, 0.2) is 5.76 Å². The van der Waals surface area contributed by atoms with Gasteiger partial charge in [0.2, 0.25) is 9.84 Å². The SMILES string of the molecule is Cc1ccc(S(=O)(=O)C2=C(O)C(=O)N(Cc3ccccc3)[C@@H]2c2ccccc2)cc1. The van der Waals surface area contributed by atoms with Gasteiger partial charge in [-0.1, -0.05) is 78.4 Å². The molecule has 0 saturated heterocycles. The predicted molar refractivity (Wildman–Crippen MR) is 114 cm³/mol. The smallest absolute Gasteiger partial charge is 0.290 e. The molecule has 6 heteroatoms. The van der Waals surface area contributed by atoms with E-state index in [1.165, 1.54) is 17.0 Å². The normalized spacial score (nSPS) is 16.9. The molecule has 5 nitrogen and oxygen atoms in total. The van der Waals surface area contributed by atoms with Gasteiger partial charge in [-0.05, 0) is 30.2 Å². The van der Waals surface area contributed by atoms with Crippen LogP contribution in [-0.4, -0.2) is 24.3 Å². The van der Waals surface area contributed by atoms with Crippen LogP contribution < -0.4 is 0 Å². The van der Waals surface area contributed by atoms with Crippen molar-refractivity contribution in [2.45, 2.75) is 24.4 Å². The number of carbonyl (C=O) groups excluding carboxylic acids is 1. The van der Waals surface area contributed by atoms with E-state index in [2.05, 4.69) is 0 Å². The highest BCUT2D eigenvalue weighted by atomic mass is 32.2. The number of sulfone groups is 1. The van der Waals surface area contributed by atoms with E-state index in [9.17, 15) is 18.3 Å². The van der Waals surface area contributed by atoms with Gasteiger partial charge in [-0.15, -0.1) is 0 Å². The Morgan fingerprint density at radius 3 is 2.03 bits per heavy atom. The minimum absolute atomic E-state index is 0.0462. The number of hydrogen-bond acceptors (Lipinski definition) is 4. The van der Waals surface area contributed by atoms with E-state index < -0.39 is 27.5 Å². The van der Waals surface area contributed by atoms with Crippen LogP contribution in [0, 0.1) is 6.92 Å². The molecule has 1 atom stereocenters. The van der Waals surface area contributed by atoms with Crippen LogP contribution in [0.1, 0.15) is 22.7 Å². The molecule has 0 fully saturated rings. The summed E-state index contributed by atoms with van der Waals surface area (Å²) in [6, 6.07) is 23.7. The van der Waals surface area contributed by atoms with Crippen molar-refractivity contribution >= 4 is 15.7 Å². The fourth-order valence-corrected chi connectivity index (χ4v) is 5.31. The Morgan fingerprint density at radius 2 is 1.43 bits per heavy atom. The molecule has 0 saturated carbocycles. The molecule has 0 unspecified atom stereocenters. The van der Waals surface area contributed by atoms with E-state index in [0.29, 0.717) is 5.56 Å². The number of nitrogens with zero attached hydrogens (tertiary/aromatic N) is 1. The highest BCUT2D eigenvalue weighted by Crippen LogP contribution is 2.43. The molecule has 0 aromatic heterocycles. The Kier molecular flexibility index (Phi) is 5.18. The lowest BCUT2D eigenvalue weighted by molar-refractivity contribution is -0.130. The summed E-state index contributed by atoms with van der Waals surface area (Å²) in [6.07, 6.45) is 0. The largest absolute Gasteiger partial charge is 0.502 e. The van der Waals surface area contributed by atoms with Gasteiger partial charge < -0.3 is 10.0 Å². The summed E-state index contributed by atoms with van der Waals surface area (Å²) in [7, 11) is -4.09. The predicted octanol–water partition coefficient (Wildman–Crippen LogP) is 4.32. The maximum atomic E-state index is 13.5. The van der Waals surface area contributed by atoms with Gasteiger partial charge >= 0.3 is 0 Å². The summed E-state index contributed by atoms with van der Waals surface area (Å²) in [6.45, 7) is 2.04. The van der Waals surface area contributed by atoms with Crippen LogP contribution in [0.5, 0.6) is 0 Å². The third-order valence-electron chi connectivity index (χ3n) is 5.19. The highest BCUT2D eigenvalue weighted by molar-refractivity contribution is 7.95. The van der Waals surface area contributed by atoms with Gasteiger partial charge in [-0.25, -0.2) is 8.42 Å². The maximum absolute atomic E-state index is 13.5.